The summed E-state index contributed by atoms with van der Waals surface area (Å²) in [7, 11) is 1.32. The number of aromatic hydroxyl groups is 2. The van der Waals surface area contributed by atoms with Crippen LogP contribution in [0.3, 0.4) is 0 Å². The molecular formula is C26H24ClN3O8. The van der Waals surface area contributed by atoms with Gasteiger partial charge < -0.3 is 25.4 Å². The zero-order valence-electron chi connectivity index (χ0n) is 20.3. The van der Waals surface area contributed by atoms with Crippen LogP contribution < -0.4 is 15.5 Å². The fourth-order valence-corrected chi connectivity index (χ4v) is 3.57. The lowest BCUT2D eigenvalue weighted by molar-refractivity contribution is -0.139. The third-order valence-electron chi connectivity index (χ3n) is 5.35. The Bertz CT molecular complexity index is 1390. The molecule has 0 spiro atoms. The molecule has 3 amide bonds. The van der Waals surface area contributed by atoms with Crippen molar-refractivity contribution in [2.24, 2.45) is 0 Å². The SMILES string of the molecule is COc1ccc(C(=O)N(N[C@@H](C)C(=O)O)C(=O)c2ccc(C(=O)NCc3cccc(O)c3)cc2Cl)cc1O. The number of amides is 3. The van der Waals surface area contributed by atoms with Gasteiger partial charge in [-0.2, -0.15) is 0 Å². The predicted molar refractivity (Wildman–Crippen MR) is 136 cm³/mol. The molecule has 0 aliphatic rings. The molecule has 0 radical (unpaired) electrons. The number of phenolic OH excluding ortho intramolecular Hbond substituents is 2. The molecule has 0 bridgehead atoms. The molecule has 198 valence electrons. The molecule has 1 atom stereocenters. The number of nitrogens with zero attached hydrogens (tertiary/aromatic N) is 1. The largest absolute Gasteiger partial charge is 0.508 e. The average Bonchev–Trinajstić information content (AvgIpc) is 2.89. The molecule has 3 aromatic rings. The minimum Gasteiger partial charge on any atom is -0.508 e. The van der Waals surface area contributed by atoms with Crippen molar-refractivity contribution in [1.82, 2.24) is 15.8 Å². The summed E-state index contributed by atoms with van der Waals surface area (Å²) in [5.41, 5.74) is 2.79. The van der Waals surface area contributed by atoms with E-state index in [0.29, 0.717) is 10.6 Å². The fraction of sp³-hybridized carbons (Fsp3) is 0.154. The third kappa shape index (κ3) is 6.58. The molecular weight excluding hydrogens is 518 g/mol. The topological polar surface area (TPSA) is 165 Å². The minimum atomic E-state index is -1.35. The summed E-state index contributed by atoms with van der Waals surface area (Å²) in [5.74, 6) is -4.02. The van der Waals surface area contributed by atoms with Gasteiger partial charge in [0.05, 0.1) is 17.7 Å². The van der Waals surface area contributed by atoms with E-state index in [1.807, 2.05) is 0 Å². The first-order valence-corrected chi connectivity index (χ1v) is 11.5. The number of hydrogen-bond acceptors (Lipinski definition) is 8. The van der Waals surface area contributed by atoms with Crippen molar-refractivity contribution in [3.63, 3.8) is 0 Å². The molecule has 0 saturated carbocycles. The number of hydrogen-bond donors (Lipinski definition) is 5. The summed E-state index contributed by atoms with van der Waals surface area (Å²) in [4.78, 5) is 50.5. The smallest absolute Gasteiger partial charge is 0.322 e. The second kappa shape index (κ2) is 12.1. The van der Waals surface area contributed by atoms with Crippen LogP contribution in [-0.4, -0.2) is 57.2 Å². The van der Waals surface area contributed by atoms with E-state index < -0.39 is 29.7 Å². The summed E-state index contributed by atoms with van der Waals surface area (Å²) < 4.78 is 4.95. The molecule has 0 aromatic heterocycles. The Balaban J connectivity index is 1.85. The van der Waals surface area contributed by atoms with E-state index in [4.69, 9.17) is 16.3 Å². The minimum absolute atomic E-state index is 0.0532. The van der Waals surface area contributed by atoms with Gasteiger partial charge in [0.15, 0.2) is 11.5 Å². The van der Waals surface area contributed by atoms with Crippen LogP contribution >= 0.6 is 11.6 Å². The van der Waals surface area contributed by atoms with Gasteiger partial charge in [0, 0.05) is 17.7 Å². The Morgan fingerprint density at radius 1 is 0.974 bits per heavy atom. The van der Waals surface area contributed by atoms with Gasteiger partial charge in [-0.05, 0) is 61.0 Å². The number of ether oxygens (including phenoxy) is 1. The standard InChI is InChI=1S/C26H24ClN3O8/c1-14(26(36)37)29-30(24(34)17-7-9-22(38-2)21(32)12-17)25(35)19-8-6-16(11-20(19)27)23(33)28-13-15-4-3-5-18(31)10-15/h3-12,14,29,31-32H,13H2,1-2H3,(H,28,33)(H,36,37)/t14-/m0/s1. The second-order valence-corrected chi connectivity index (χ2v) is 8.48. The van der Waals surface area contributed by atoms with Crippen LogP contribution in [0.5, 0.6) is 17.2 Å². The molecule has 0 saturated heterocycles. The maximum Gasteiger partial charge on any atom is 0.322 e. The van der Waals surface area contributed by atoms with Crippen LogP contribution in [0.4, 0.5) is 0 Å². The maximum atomic E-state index is 13.3. The molecule has 5 N–H and O–H groups in total. The number of benzene rings is 3. The van der Waals surface area contributed by atoms with Crippen molar-refractivity contribution in [3.8, 4) is 17.2 Å². The van der Waals surface area contributed by atoms with Gasteiger partial charge in [-0.3, -0.25) is 19.2 Å². The van der Waals surface area contributed by atoms with Crippen molar-refractivity contribution in [1.29, 1.82) is 0 Å². The highest BCUT2D eigenvalue weighted by atomic mass is 35.5. The first-order valence-electron chi connectivity index (χ1n) is 11.1. The lowest BCUT2D eigenvalue weighted by Crippen LogP contribution is -2.53. The van der Waals surface area contributed by atoms with E-state index in [9.17, 15) is 34.5 Å². The van der Waals surface area contributed by atoms with Crippen molar-refractivity contribution in [2.45, 2.75) is 19.5 Å². The van der Waals surface area contributed by atoms with E-state index in [1.165, 1.54) is 56.5 Å². The molecule has 3 rings (SSSR count). The number of carbonyl (C=O) groups excluding carboxylic acids is 3. The van der Waals surface area contributed by atoms with Crippen molar-refractivity contribution in [2.75, 3.05) is 7.11 Å². The summed E-state index contributed by atoms with van der Waals surface area (Å²) in [6.45, 7) is 1.35. The molecule has 0 aliphatic heterocycles. The predicted octanol–water partition coefficient (Wildman–Crippen LogP) is 2.95. The van der Waals surface area contributed by atoms with E-state index in [0.717, 1.165) is 6.07 Å². The number of carboxylic acid groups (broad SMARTS) is 1. The highest BCUT2D eigenvalue weighted by molar-refractivity contribution is 6.34. The summed E-state index contributed by atoms with van der Waals surface area (Å²) >= 11 is 6.29. The number of methoxy groups -OCH3 is 1. The van der Waals surface area contributed by atoms with Crippen molar-refractivity contribution in [3.05, 3.63) is 87.9 Å². The first kappa shape index (κ1) is 28.0. The van der Waals surface area contributed by atoms with Gasteiger partial charge in [-0.25, -0.2) is 10.4 Å². The number of phenols is 2. The Hall–Kier alpha value is -4.61. The Kier molecular flexibility index (Phi) is 8.89. The Labute approximate surface area is 222 Å². The van der Waals surface area contributed by atoms with Crippen molar-refractivity contribution >= 4 is 35.3 Å². The molecule has 0 heterocycles. The van der Waals surface area contributed by atoms with Gasteiger partial charge in [0.1, 0.15) is 11.8 Å². The lowest BCUT2D eigenvalue weighted by Gasteiger charge is -2.24. The number of nitrogens with one attached hydrogen (secondary N) is 2. The van der Waals surface area contributed by atoms with E-state index in [-0.39, 0.29) is 45.5 Å². The van der Waals surface area contributed by atoms with Gasteiger partial charge >= 0.3 is 5.97 Å². The monoisotopic (exact) mass is 541 g/mol. The van der Waals surface area contributed by atoms with Crippen LogP contribution in [0.25, 0.3) is 0 Å². The van der Waals surface area contributed by atoms with Crippen LogP contribution in [0.1, 0.15) is 43.6 Å². The molecule has 0 fully saturated rings. The van der Waals surface area contributed by atoms with Gasteiger partial charge in [0.25, 0.3) is 17.7 Å². The number of carbonyl (C=O) groups is 4. The lowest BCUT2D eigenvalue weighted by atomic mass is 10.1. The molecule has 38 heavy (non-hydrogen) atoms. The third-order valence-corrected chi connectivity index (χ3v) is 5.66. The number of rotatable bonds is 9. The molecule has 0 unspecified atom stereocenters. The van der Waals surface area contributed by atoms with Gasteiger partial charge in [-0.1, -0.05) is 23.7 Å². The molecule has 0 aliphatic carbocycles. The number of hydrazine groups is 1. The molecule has 3 aromatic carbocycles. The van der Waals surface area contributed by atoms with E-state index >= 15 is 0 Å². The summed E-state index contributed by atoms with van der Waals surface area (Å²) in [6.07, 6.45) is 0. The number of carboxylic acids is 1. The van der Waals surface area contributed by atoms with Gasteiger partial charge in [-0.15, -0.1) is 0 Å². The zero-order valence-corrected chi connectivity index (χ0v) is 21.0. The van der Waals surface area contributed by atoms with Gasteiger partial charge in [0.2, 0.25) is 0 Å². The number of aliphatic carboxylic acids is 1. The Morgan fingerprint density at radius 3 is 2.29 bits per heavy atom. The maximum absolute atomic E-state index is 13.3. The fourth-order valence-electron chi connectivity index (χ4n) is 3.31. The van der Waals surface area contributed by atoms with E-state index in [1.54, 1.807) is 12.1 Å². The van der Waals surface area contributed by atoms with Crippen LogP contribution in [0.15, 0.2) is 60.7 Å². The second-order valence-electron chi connectivity index (χ2n) is 8.07. The first-order chi connectivity index (χ1) is 18.0. The van der Waals surface area contributed by atoms with Crippen LogP contribution in [-0.2, 0) is 11.3 Å². The number of imide groups is 1. The number of halogens is 1. The Morgan fingerprint density at radius 2 is 1.68 bits per heavy atom. The van der Waals surface area contributed by atoms with Crippen LogP contribution in [0, 0.1) is 0 Å². The highest BCUT2D eigenvalue weighted by Gasteiger charge is 2.30. The normalized spacial score (nSPS) is 11.3. The van der Waals surface area contributed by atoms with E-state index in [2.05, 4.69) is 10.7 Å². The molecule has 11 nitrogen and oxygen atoms in total. The average molecular weight is 542 g/mol. The zero-order chi connectivity index (χ0) is 28.0. The summed E-state index contributed by atoms with van der Waals surface area (Å²) in [6, 6.07) is 12.4. The highest BCUT2D eigenvalue weighted by Crippen LogP contribution is 2.27. The van der Waals surface area contributed by atoms with Crippen LogP contribution in [0.2, 0.25) is 5.02 Å². The van der Waals surface area contributed by atoms with Crippen molar-refractivity contribution < 1.29 is 39.2 Å². The quantitative estimate of drug-likeness (QED) is 0.202. The molecule has 12 heteroatoms. The summed E-state index contributed by atoms with van der Waals surface area (Å²) in [5, 5.41) is 31.9.